The molecular formula is C21H26NO2+. The molecule has 1 N–H and O–H groups in total. The smallest absolute Gasteiger partial charge is 0.333 e. The Balaban J connectivity index is 2.30. The second kappa shape index (κ2) is 5.99. The zero-order valence-electron chi connectivity index (χ0n) is 15.2. The average Bonchev–Trinajstić information content (AvgIpc) is 2.47. The fraction of sp³-hybridized carbons (Fsp3) is 0.333. The van der Waals surface area contributed by atoms with Crippen LogP contribution in [0.1, 0.15) is 29.2 Å². The van der Waals surface area contributed by atoms with E-state index >= 15 is 0 Å². The van der Waals surface area contributed by atoms with E-state index in [0.29, 0.717) is 11.1 Å². The molecule has 126 valence electrons. The minimum Gasteiger partial charge on any atom is -0.477 e. The van der Waals surface area contributed by atoms with Crippen molar-refractivity contribution in [3.8, 4) is 11.1 Å². The number of nitrogens with zero attached hydrogens (tertiary/aromatic N) is 1. The zero-order chi connectivity index (χ0) is 17.5. The Labute approximate surface area is 144 Å². The highest BCUT2D eigenvalue weighted by Crippen LogP contribution is 2.46. The number of quaternary nitrogens is 1. The molecule has 0 aromatic heterocycles. The van der Waals surface area contributed by atoms with Crippen molar-refractivity contribution in [3.63, 3.8) is 0 Å². The molecule has 0 amide bonds. The third kappa shape index (κ3) is 2.69. The number of aliphatic hydroxyl groups is 1. The molecule has 0 aliphatic carbocycles. The molecule has 3 rings (SSSR count). The van der Waals surface area contributed by atoms with Crippen LogP contribution in [0.2, 0.25) is 0 Å². The summed E-state index contributed by atoms with van der Waals surface area (Å²) in [5, 5.41) is 10.2. The molecule has 24 heavy (non-hydrogen) atoms. The average molecular weight is 324 g/mol. The Bertz CT molecular complexity index is 823. The van der Waals surface area contributed by atoms with Crippen molar-refractivity contribution < 1.29 is 9.84 Å². The second-order valence-electron chi connectivity index (χ2n) is 6.91. The molecule has 1 unspecified atom stereocenters. The summed E-state index contributed by atoms with van der Waals surface area (Å²) in [5.41, 5.74) is 8.93. The van der Waals surface area contributed by atoms with Crippen molar-refractivity contribution in [2.45, 2.75) is 34.2 Å². The van der Waals surface area contributed by atoms with Gasteiger partial charge in [-0.3, -0.25) is 4.48 Å². The van der Waals surface area contributed by atoms with E-state index in [9.17, 15) is 5.11 Å². The lowest BCUT2D eigenvalue weighted by atomic mass is 9.85. The molecule has 0 radical (unpaired) electrons. The summed E-state index contributed by atoms with van der Waals surface area (Å²) in [6.45, 7) is 9.59. The van der Waals surface area contributed by atoms with Gasteiger partial charge in [-0.2, -0.15) is 0 Å². The van der Waals surface area contributed by atoms with Gasteiger partial charge >= 0.3 is 5.95 Å². The minimum atomic E-state index is -0.0128. The number of ether oxygens (including phenoxy) is 1. The maximum atomic E-state index is 10.2. The van der Waals surface area contributed by atoms with E-state index in [1.807, 2.05) is 13.1 Å². The molecule has 1 aliphatic rings. The Morgan fingerprint density at radius 2 is 1.92 bits per heavy atom. The first-order chi connectivity index (χ1) is 11.4. The van der Waals surface area contributed by atoms with Crippen LogP contribution in [0.25, 0.3) is 11.1 Å². The van der Waals surface area contributed by atoms with Gasteiger partial charge in [0.25, 0.3) is 0 Å². The number of rotatable bonds is 3. The fourth-order valence-electron chi connectivity index (χ4n) is 3.87. The number of benzene rings is 2. The monoisotopic (exact) mass is 324 g/mol. The first kappa shape index (κ1) is 16.6. The van der Waals surface area contributed by atoms with Crippen LogP contribution in [-0.4, -0.2) is 18.8 Å². The van der Waals surface area contributed by atoms with Gasteiger partial charge in [-0.1, -0.05) is 24.3 Å². The van der Waals surface area contributed by atoms with Crippen LogP contribution >= 0.6 is 0 Å². The lowest BCUT2D eigenvalue weighted by molar-refractivity contribution is 0.0947. The zero-order valence-corrected chi connectivity index (χ0v) is 15.2. The third-order valence-corrected chi connectivity index (χ3v) is 4.80. The molecule has 0 saturated carbocycles. The van der Waals surface area contributed by atoms with Crippen molar-refractivity contribution in [2.24, 2.45) is 0 Å². The molecule has 0 fully saturated rings. The van der Waals surface area contributed by atoms with E-state index in [0.717, 1.165) is 6.54 Å². The highest BCUT2D eigenvalue weighted by Gasteiger charge is 2.36. The maximum Gasteiger partial charge on any atom is 0.333 e. The number of hydrogen-bond donors (Lipinski definition) is 1. The first-order valence-corrected chi connectivity index (χ1v) is 8.46. The van der Waals surface area contributed by atoms with Gasteiger partial charge in [0.05, 0.1) is 13.7 Å². The summed E-state index contributed by atoms with van der Waals surface area (Å²) < 4.78 is 5.80. The van der Waals surface area contributed by atoms with Crippen molar-refractivity contribution in [3.05, 3.63) is 64.7 Å². The topological polar surface area (TPSA) is 29.5 Å². The summed E-state index contributed by atoms with van der Waals surface area (Å²) in [6.07, 6.45) is 1.81. The van der Waals surface area contributed by atoms with Gasteiger partial charge < -0.3 is 9.84 Å². The van der Waals surface area contributed by atoms with Gasteiger partial charge in [0.1, 0.15) is 12.2 Å². The molecule has 0 bridgehead atoms. The number of aliphatic hydroxyl groups excluding tert-OH is 1. The number of aryl methyl sites for hydroxylation is 3. The van der Waals surface area contributed by atoms with Crippen LogP contribution in [-0.2, 0) is 11.3 Å². The largest absolute Gasteiger partial charge is 0.477 e. The van der Waals surface area contributed by atoms with Crippen LogP contribution < -0.4 is 4.48 Å². The van der Waals surface area contributed by atoms with Crippen molar-refractivity contribution in [2.75, 3.05) is 13.7 Å². The maximum absolute atomic E-state index is 10.2. The van der Waals surface area contributed by atoms with E-state index in [1.54, 1.807) is 0 Å². The van der Waals surface area contributed by atoms with Gasteiger partial charge in [0, 0.05) is 17.2 Å². The van der Waals surface area contributed by atoms with Crippen molar-refractivity contribution in [1.29, 1.82) is 0 Å². The van der Waals surface area contributed by atoms with Crippen molar-refractivity contribution >= 4 is 5.69 Å². The molecule has 0 spiro atoms. The van der Waals surface area contributed by atoms with E-state index in [-0.39, 0.29) is 5.95 Å². The van der Waals surface area contributed by atoms with Crippen LogP contribution in [0.15, 0.2) is 42.5 Å². The van der Waals surface area contributed by atoms with Crippen LogP contribution in [0.5, 0.6) is 0 Å². The SMILES string of the molecule is CCO/C(O)=C/[N+]1(C)Cc2cccc(C)c2-c2c(C)cc(C)cc21. The van der Waals surface area contributed by atoms with Gasteiger partial charge in [0.2, 0.25) is 0 Å². The van der Waals surface area contributed by atoms with E-state index in [4.69, 9.17) is 4.74 Å². The predicted molar refractivity (Wildman–Crippen MR) is 99.8 cm³/mol. The summed E-state index contributed by atoms with van der Waals surface area (Å²) in [6, 6.07) is 10.9. The first-order valence-electron chi connectivity index (χ1n) is 8.46. The summed E-state index contributed by atoms with van der Waals surface area (Å²) in [7, 11) is 2.12. The summed E-state index contributed by atoms with van der Waals surface area (Å²) in [4.78, 5) is 0. The van der Waals surface area contributed by atoms with Crippen LogP contribution in [0.4, 0.5) is 5.69 Å². The lowest BCUT2D eigenvalue weighted by Gasteiger charge is -2.37. The molecule has 3 heteroatoms. The van der Waals surface area contributed by atoms with E-state index in [1.165, 1.54) is 39.1 Å². The van der Waals surface area contributed by atoms with Gasteiger partial charge in [-0.15, -0.1) is 0 Å². The Morgan fingerprint density at radius 1 is 1.17 bits per heavy atom. The Kier molecular flexibility index (Phi) is 4.14. The van der Waals surface area contributed by atoms with Crippen LogP contribution in [0.3, 0.4) is 0 Å². The molecule has 2 aromatic carbocycles. The predicted octanol–water partition coefficient (Wildman–Crippen LogP) is 5.12. The summed E-state index contributed by atoms with van der Waals surface area (Å²) >= 11 is 0. The van der Waals surface area contributed by atoms with Gasteiger partial charge in [0.15, 0.2) is 6.20 Å². The quantitative estimate of drug-likeness (QED) is 0.627. The fourth-order valence-corrected chi connectivity index (χ4v) is 3.87. The number of fused-ring (bicyclic) bond motifs is 3. The highest BCUT2D eigenvalue weighted by molar-refractivity contribution is 5.87. The van der Waals surface area contributed by atoms with E-state index in [2.05, 4.69) is 58.2 Å². The molecule has 1 aliphatic heterocycles. The lowest BCUT2D eigenvalue weighted by Crippen LogP contribution is -2.42. The standard InChI is InChI=1S/C21H25NO2/c1-6-24-19(23)13-22(5)12-17-9-7-8-15(3)20(17)21-16(4)10-14(2)11-18(21)22/h7-11,13H,6,12H2,1-5H3/p+1/b19-13+. The second-order valence-corrected chi connectivity index (χ2v) is 6.91. The Morgan fingerprint density at radius 3 is 2.62 bits per heavy atom. The molecule has 0 saturated heterocycles. The van der Waals surface area contributed by atoms with E-state index < -0.39 is 0 Å². The van der Waals surface area contributed by atoms with Crippen molar-refractivity contribution in [1.82, 2.24) is 4.48 Å². The Hall–Kier alpha value is -2.26. The normalized spacial score (nSPS) is 19.6. The highest BCUT2D eigenvalue weighted by atomic mass is 16.6. The molecule has 2 aromatic rings. The summed E-state index contributed by atoms with van der Waals surface area (Å²) in [5.74, 6) is -0.0128. The molecule has 3 nitrogen and oxygen atoms in total. The molecular weight excluding hydrogens is 298 g/mol. The minimum absolute atomic E-state index is 0.0128. The van der Waals surface area contributed by atoms with Crippen LogP contribution in [0, 0.1) is 20.8 Å². The van der Waals surface area contributed by atoms with Gasteiger partial charge in [-0.05, 0) is 49.9 Å². The third-order valence-electron chi connectivity index (χ3n) is 4.80. The number of hydrogen-bond acceptors (Lipinski definition) is 2. The molecule has 1 heterocycles. The molecule has 1 atom stereocenters. The van der Waals surface area contributed by atoms with Gasteiger partial charge in [-0.25, -0.2) is 0 Å².